The minimum Gasteiger partial charge on any atom is -0.466 e. The Morgan fingerprint density at radius 2 is 1.96 bits per heavy atom. The van der Waals surface area contributed by atoms with Crippen molar-refractivity contribution in [2.24, 2.45) is 0 Å². The van der Waals surface area contributed by atoms with Crippen LogP contribution in [0.15, 0.2) is 22.8 Å². The maximum absolute atomic E-state index is 12.0. The first-order valence-electron chi connectivity index (χ1n) is 9.62. The van der Waals surface area contributed by atoms with Crippen LogP contribution in [0.1, 0.15) is 67.3 Å². The molecule has 1 aliphatic rings. The number of aromatic nitrogens is 1. The number of esters is 2. The van der Waals surface area contributed by atoms with Crippen LogP contribution in [0.3, 0.4) is 0 Å². The summed E-state index contributed by atoms with van der Waals surface area (Å²) >= 11 is 3.79. The summed E-state index contributed by atoms with van der Waals surface area (Å²) in [4.78, 5) is 23.9. The van der Waals surface area contributed by atoms with E-state index in [9.17, 15) is 9.59 Å². The quantitative estimate of drug-likeness (QED) is 0.585. The molecule has 1 aromatic carbocycles. The minimum atomic E-state index is -0.356. The first-order chi connectivity index (χ1) is 13.1. The van der Waals surface area contributed by atoms with Crippen molar-refractivity contribution in [3.05, 3.63) is 33.9 Å². The topological polar surface area (TPSA) is 57.5 Å². The number of rotatable bonds is 6. The number of benzene rings is 1. The third-order valence-electron chi connectivity index (χ3n) is 5.32. The summed E-state index contributed by atoms with van der Waals surface area (Å²) in [5.41, 5.74) is 2.77. The molecule has 0 spiro atoms. The molecular formula is C21H26BrNO4. The Balaban J connectivity index is 2.05. The lowest BCUT2D eigenvalue weighted by Gasteiger charge is -2.22. The third-order valence-corrected chi connectivity index (χ3v) is 6.17. The van der Waals surface area contributed by atoms with E-state index in [0.717, 1.165) is 15.5 Å². The highest BCUT2D eigenvalue weighted by molar-refractivity contribution is 9.10. The lowest BCUT2D eigenvalue weighted by molar-refractivity contribution is -0.143. The van der Waals surface area contributed by atoms with E-state index < -0.39 is 0 Å². The lowest BCUT2D eigenvalue weighted by atomic mass is 9.84. The van der Waals surface area contributed by atoms with E-state index >= 15 is 0 Å². The Morgan fingerprint density at radius 1 is 1.22 bits per heavy atom. The number of hydrogen-bond acceptors (Lipinski definition) is 4. The predicted molar refractivity (Wildman–Crippen MR) is 108 cm³/mol. The van der Waals surface area contributed by atoms with E-state index in [4.69, 9.17) is 9.47 Å². The molecule has 0 N–H and O–H groups in total. The van der Waals surface area contributed by atoms with Crippen LogP contribution >= 0.6 is 15.9 Å². The monoisotopic (exact) mass is 435 g/mol. The van der Waals surface area contributed by atoms with E-state index in [1.807, 2.05) is 25.1 Å². The average Bonchev–Trinajstić information content (AvgIpc) is 2.97. The Morgan fingerprint density at radius 3 is 2.63 bits per heavy atom. The molecule has 1 aromatic heterocycles. The van der Waals surface area contributed by atoms with Crippen LogP contribution in [0.5, 0.6) is 0 Å². The van der Waals surface area contributed by atoms with Crippen molar-refractivity contribution < 1.29 is 19.1 Å². The molecule has 5 nitrogen and oxygen atoms in total. The van der Waals surface area contributed by atoms with Crippen molar-refractivity contribution in [3.63, 3.8) is 0 Å². The Labute approximate surface area is 168 Å². The first kappa shape index (κ1) is 19.9. The number of nitrogens with zero attached hydrogens (tertiary/aromatic N) is 1. The molecule has 6 heteroatoms. The van der Waals surface area contributed by atoms with Gasteiger partial charge in [0, 0.05) is 11.9 Å². The van der Waals surface area contributed by atoms with Crippen LogP contribution in [0.4, 0.5) is 0 Å². The van der Waals surface area contributed by atoms with Gasteiger partial charge in [0.05, 0.1) is 35.8 Å². The SMILES string of the molecule is CCOC(=O)CCn1c(Br)c(C2CCCCC2)c2ccc(C(=O)OC)cc21. The predicted octanol–water partition coefficient (Wildman–Crippen LogP) is 5.19. The highest BCUT2D eigenvalue weighted by atomic mass is 79.9. The zero-order chi connectivity index (χ0) is 19.4. The fraction of sp³-hybridized carbons (Fsp3) is 0.524. The number of halogens is 1. The van der Waals surface area contributed by atoms with Crippen molar-refractivity contribution >= 4 is 38.8 Å². The maximum atomic E-state index is 12.0. The molecule has 146 valence electrons. The van der Waals surface area contributed by atoms with Crippen LogP contribution in [-0.2, 0) is 20.8 Å². The molecule has 0 unspecified atom stereocenters. The number of hydrogen-bond donors (Lipinski definition) is 0. The highest BCUT2D eigenvalue weighted by Crippen LogP contribution is 2.42. The number of methoxy groups -OCH3 is 1. The maximum Gasteiger partial charge on any atom is 0.337 e. The Bertz CT molecular complexity index is 836. The van der Waals surface area contributed by atoms with Gasteiger partial charge in [0.1, 0.15) is 0 Å². The second-order valence-corrected chi connectivity index (χ2v) is 7.72. The summed E-state index contributed by atoms with van der Waals surface area (Å²) in [5, 5.41) is 1.14. The zero-order valence-electron chi connectivity index (χ0n) is 15.9. The molecule has 1 heterocycles. The summed E-state index contributed by atoms with van der Waals surface area (Å²) in [7, 11) is 1.38. The number of carbonyl (C=O) groups is 2. The Hall–Kier alpha value is -1.82. The second kappa shape index (κ2) is 8.91. The number of carbonyl (C=O) groups excluding carboxylic acids is 2. The van der Waals surface area contributed by atoms with Gasteiger partial charge in [-0.05, 0) is 59.3 Å². The summed E-state index contributed by atoms with van der Waals surface area (Å²) in [5.74, 6) is -0.0663. The van der Waals surface area contributed by atoms with Crippen molar-refractivity contribution in [2.75, 3.05) is 13.7 Å². The molecule has 1 aliphatic carbocycles. The van der Waals surface area contributed by atoms with Crippen molar-refractivity contribution in [1.29, 1.82) is 0 Å². The van der Waals surface area contributed by atoms with E-state index in [-0.39, 0.29) is 11.9 Å². The summed E-state index contributed by atoms with van der Waals surface area (Å²) < 4.78 is 13.0. The van der Waals surface area contributed by atoms with Gasteiger partial charge in [0.2, 0.25) is 0 Å². The van der Waals surface area contributed by atoms with Crippen LogP contribution in [0, 0.1) is 0 Å². The van der Waals surface area contributed by atoms with Gasteiger partial charge in [-0.1, -0.05) is 25.3 Å². The van der Waals surface area contributed by atoms with E-state index in [1.165, 1.54) is 44.8 Å². The van der Waals surface area contributed by atoms with Gasteiger partial charge in [-0.15, -0.1) is 0 Å². The fourth-order valence-corrected chi connectivity index (χ4v) is 4.93. The van der Waals surface area contributed by atoms with Crippen LogP contribution < -0.4 is 0 Å². The molecule has 0 atom stereocenters. The molecular weight excluding hydrogens is 410 g/mol. The highest BCUT2D eigenvalue weighted by Gasteiger charge is 2.25. The van der Waals surface area contributed by atoms with Crippen LogP contribution in [0.2, 0.25) is 0 Å². The molecule has 0 saturated heterocycles. The second-order valence-electron chi connectivity index (χ2n) is 6.97. The van der Waals surface area contributed by atoms with Gasteiger partial charge in [-0.25, -0.2) is 4.79 Å². The van der Waals surface area contributed by atoms with E-state index in [2.05, 4.69) is 20.5 Å². The fourth-order valence-electron chi connectivity index (χ4n) is 4.02. The normalized spacial score (nSPS) is 15.1. The molecule has 0 amide bonds. The van der Waals surface area contributed by atoms with Crippen LogP contribution in [-0.4, -0.2) is 30.2 Å². The first-order valence-corrected chi connectivity index (χ1v) is 10.4. The molecule has 0 bridgehead atoms. The molecule has 0 aliphatic heterocycles. The molecule has 1 saturated carbocycles. The van der Waals surface area contributed by atoms with E-state index in [0.29, 0.717) is 31.1 Å². The van der Waals surface area contributed by atoms with Crippen LogP contribution in [0.25, 0.3) is 10.9 Å². The molecule has 0 radical (unpaired) electrons. The summed E-state index contributed by atoms with van der Waals surface area (Å²) in [6.07, 6.45) is 6.42. The molecule has 2 aromatic rings. The number of aryl methyl sites for hydroxylation is 1. The summed E-state index contributed by atoms with van der Waals surface area (Å²) in [6, 6.07) is 5.70. The largest absolute Gasteiger partial charge is 0.466 e. The molecule has 27 heavy (non-hydrogen) atoms. The van der Waals surface area contributed by atoms with Gasteiger partial charge in [-0.2, -0.15) is 0 Å². The number of fused-ring (bicyclic) bond motifs is 1. The van der Waals surface area contributed by atoms with Gasteiger partial charge < -0.3 is 14.0 Å². The summed E-state index contributed by atoms with van der Waals surface area (Å²) in [6.45, 7) is 2.70. The Kier molecular flexibility index (Phi) is 6.58. The standard InChI is InChI=1S/C21H26BrNO4/c1-3-27-18(24)11-12-23-17-13-15(21(25)26-2)9-10-16(17)19(20(23)22)14-7-5-4-6-8-14/h9-10,13-14H,3-8,11-12H2,1-2H3. The smallest absolute Gasteiger partial charge is 0.337 e. The molecule has 3 rings (SSSR count). The van der Waals surface area contributed by atoms with Crippen molar-refractivity contribution in [3.8, 4) is 0 Å². The van der Waals surface area contributed by atoms with Gasteiger partial charge in [0.15, 0.2) is 0 Å². The van der Waals surface area contributed by atoms with Gasteiger partial charge >= 0.3 is 11.9 Å². The zero-order valence-corrected chi connectivity index (χ0v) is 17.5. The molecule has 1 fully saturated rings. The number of ether oxygens (including phenoxy) is 2. The van der Waals surface area contributed by atoms with E-state index in [1.54, 1.807) is 0 Å². The van der Waals surface area contributed by atoms with Crippen molar-refractivity contribution in [1.82, 2.24) is 4.57 Å². The van der Waals surface area contributed by atoms with Gasteiger partial charge in [-0.3, -0.25) is 4.79 Å². The van der Waals surface area contributed by atoms with Gasteiger partial charge in [0.25, 0.3) is 0 Å². The average molecular weight is 436 g/mol. The minimum absolute atomic E-state index is 0.213. The lowest BCUT2D eigenvalue weighted by Crippen LogP contribution is -2.10. The third kappa shape index (κ3) is 4.21. The van der Waals surface area contributed by atoms with Crippen molar-refractivity contribution in [2.45, 2.75) is 57.9 Å².